The monoisotopic (exact) mass is 242 g/mol. The average Bonchev–Trinajstić information content (AvgIpc) is 2.29. The van der Waals surface area contributed by atoms with Crippen LogP contribution >= 0.6 is 12.2 Å². The molecule has 1 aliphatic carbocycles. The lowest BCUT2D eigenvalue weighted by Gasteiger charge is -2.12. The molecular weight excluding hydrogens is 216 g/mol. The van der Waals surface area contributed by atoms with E-state index in [0.29, 0.717) is 0 Å². The molecule has 0 bridgehead atoms. The van der Waals surface area contributed by atoms with Gasteiger partial charge in [-0.25, -0.2) is 0 Å². The van der Waals surface area contributed by atoms with Crippen LogP contribution in [0.1, 0.15) is 77.0 Å². The van der Waals surface area contributed by atoms with Crippen molar-refractivity contribution in [1.29, 1.82) is 0 Å². The van der Waals surface area contributed by atoms with Crippen molar-refractivity contribution >= 4 is 17.1 Å². The Balaban J connectivity index is 2.24. The van der Waals surface area contributed by atoms with Gasteiger partial charge in [0.2, 0.25) is 0 Å². The van der Waals surface area contributed by atoms with Crippen LogP contribution in [-0.4, -0.2) is 16.1 Å². The van der Waals surface area contributed by atoms with E-state index in [1.807, 2.05) is 0 Å². The number of hydrogen-bond acceptors (Lipinski definition) is 2. The van der Waals surface area contributed by atoms with Crippen molar-refractivity contribution in [2.24, 2.45) is 0 Å². The van der Waals surface area contributed by atoms with E-state index >= 15 is 0 Å². The average molecular weight is 242 g/mol. The van der Waals surface area contributed by atoms with Crippen LogP contribution in [0.4, 0.5) is 0 Å². The summed E-state index contributed by atoms with van der Waals surface area (Å²) in [5.41, 5.74) is 0. The molecule has 1 fully saturated rings. The Bertz CT molecular complexity index is 191. The van der Waals surface area contributed by atoms with Crippen LogP contribution in [0.15, 0.2) is 0 Å². The molecule has 0 heterocycles. The zero-order chi connectivity index (χ0) is 11.6. The number of rotatable bonds is 0. The van der Waals surface area contributed by atoms with E-state index in [-0.39, 0.29) is 6.10 Å². The molecular formula is C14H26OS. The number of thiocarbonyl (C=S) groups is 1. The molecule has 0 aliphatic heterocycles. The van der Waals surface area contributed by atoms with Gasteiger partial charge in [-0.3, -0.25) is 0 Å². The minimum atomic E-state index is -0.307. The Morgan fingerprint density at radius 1 is 0.750 bits per heavy atom. The van der Waals surface area contributed by atoms with Crippen molar-refractivity contribution in [2.45, 2.75) is 83.2 Å². The van der Waals surface area contributed by atoms with Crippen molar-refractivity contribution < 1.29 is 5.11 Å². The molecule has 0 aromatic carbocycles. The smallest absolute Gasteiger partial charge is 0.0852 e. The predicted octanol–water partition coefficient (Wildman–Crippen LogP) is 4.41. The van der Waals surface area contributed by atoms with Crippen LogP contribution in [0.2, 0.25) is 0 Å². The maximum absolute atomic E-state index is 9.85. The van der Waals surface area contributed by atoms with Gasteiger partial charge in [0.15, 0.2) is 0 Å². The van der Waals surface area contributed by atoms with Crippen LogP contribution in [0.5, 0.6) is 0 Å². The van der Waals surface area contributed by atoms with Gasteiger partial charge in [-0.1, -0.05) is 70.0 Å². The van der Waals surface area contributed by atoms with Crippen molar-refractivity contribution in [3.63, 3.8) is 0 Å². The molecule has 1 nitrogen and oxygen atoms in total. The first kappa shape index (κ1) is 14.1. The quantitative estimate of drug-likeness (QED) is 0.635. The van der Waals surface area contributed by atoms with Gasteiger partial charge in [-0.15, -0.1) is 0 Å². The highest BCUT2D eigenvalue weighted by atomic mass is 32.1. The van der Waals surface area contributed by atoms with E-state index in [9.17, 15) is 5.11 Å². The van der Waals surface area contributed by atoms with E-state index in [4.69, 9.17) is 12.2 Å². The van der Waals surface area contributed by atoms with Crippen LogP contribution in [0, 0.1) is 0 Å². The summed E-state index contributed by atoms with van der Waals surface area (Å²) in [5, 5.41) is 9.85. The molecule has 0 spiro atoms. The molecule has 1 unspecified atom stereocenters. The molecule has 1 atom stereocenters. The summed E-state index contributed by atoms with van der Waals surface area (Å²) in [6.45, 7) is 0. The number of hydrogen-bond donors (Lipinski definition) is 1. The van der Waals surface area contributed by atoms with Crippen LogP contribution < -0.4 is 0 Å². The molecule has 0 saturated heterocycles. The van der Waals surface area contributed by atoms with Crippen LogP contribution in [0.25, 0.3) is 0 Å². The highest BCUT2D eigenvalue weighted by Crippen LogP contribution is 2.15. The topological polar surface area (TPSA) is 20.2 Å². The molecule has 2 heteroatoms. The van der Waals surface area contributed by atoms with Gasteiger partial charge in [0.25, 0.3) is 0 Å². The van der Waals surface area contributed by atoms with E-state index in [1.165, 1.54) is 57.8 Å². The Hall–Kier alpha value is 0.0500. The first-order valence-electron chi connectivity index (χ1n) is 7.01. The maximum atomic E-state index is 9.85. The van der Waals surface area contributed by atoms with Gasteiger partial charge in [0.05, 0.1) is 6.10 Å². The SMILES string of the molecule is OC1CCCCCCCCCCCCC1=S. The molecule has 0 amide bonds. The Labute approximate surface area is 106 Å². The normalized spacial score (nSPS) is 27.3. The second kappa shape index (κ2) is 9.12. The lowest BCUT2D eigenvalue weighted by Crippen LogP contribution is -2.18. The molecule has 94 valence electrons. The molecule has 16 heavy (non-hydrogen) atoms. The Kier molecular flexibility index (Phi) is 8.04. The van der Waals surface area contributed by atoms with E-state index < -0.39 is 0 Å². The molecule has 1 rings (SSSR count). The highest BCUT2D eigenvalue weighted by Gasteiger charge is 2.10. The van der Waals surface area contributed by atoms with Gasteiger partial charge in [0.1, 0.15) is 0 Å². The Morgan fingerprint density at radius 2 is 1.19 bits per heavy atom. The standard InChI is InChI=1S/C14H26OS/c15-13-11-9-7-5-3-1-2-4-6-8-10-12-14(13)16/h13,15H,1-12H2. The summed E-state index contributed by atoms with van der Waals surface area (Å²) >= 11 is 5.27. The van der Waals surface area contributed by atoms with Gasteiger partial charge in [-0.05, 0) is 19.3 Å². The maximum Gasteiger partial charge on any atom is 0.0852 e. The molecule has 0 aromatic heterocycles. The minimum Gasteiger partial charge on any atom is -0.388 e. The summed E-state index contributed by atoms with van der Waals surface area (Å²) in [6.07, 6.45) is 14.7. The number of aliphatic hydroxyl groups is 1. The minimum absolute atomic E-state index is 0.307. The Morgan fingerprint density at radius 3 is 1.75 bits per heavy atom. The van der Waals surface area contributed by atoms with Gasteiger partial charge in [0, 0.05) is 4.86 Å². The van der Waals surface area contributed by atoms with E-state index in [0.717, 1.165) is 24.1 Å². The third-order valence-electron chi connectivity index (χ3n) is 3.52. The second-order valence-electron chi connectivity index (χ2n) is 5.06. The lowest BCUT2D eigenvalue weighted by molar-refractivity contribution is 0.225. The fraction of sp³-hybridized carbons (Fsp3) is 0.929. The largest absolute Gasteiger partial charge is 0.388 e. The fourth-order valence-electron chi connectivity index (χ4n) is 2.38. The third-order valence-corrected chi connectivity index (χ3v) is 4.00. The summed E-state index contributed by atoms with van der Waals surface area (Å²) < 4.78 is 0. The third kappa shape index (κ3) is 6.59. The van der Waals surface area contributed by atoms with Crippen LogP contribution in [0.3, 0.4) is 0 Å². The molecule has 0 aromatic rings. The second-order valence-corrected chi connectivity index (χ2v) is 5.58. The predicted molar refractivity (Wildman–Crippen MR) is 74.0 cm³/mol. The first-order chi connectivity index (χ1) is 7.80. The van der Waals surface area contributed by atoms with E-state index in [2.05, 4.69) is 0 Å². The summed E-state index contributed by atoms with van der Waals surface area (Å²) in [4.78, 5) is 0.900. The zero-order valence-corrected chi connectivity index (χ0v) is 11.2. The number of aliphatic hydroxyl groups excluding tert-OH is 1. The molecule has 1 N–H and O–H groups in total. The lowest BCUT2D eigenvalue weighted by atomic mass is 10.00. The van der Waals surface area contributed by atoms with Crippen LogP contribution in [-0.2, 0) is 0 Å². The molecule has 0 radical (unpaired) electrons. The summed E-state index contributed by atoms with van der Waals surface area (Å²) in [5.74, 6) is 0. The van der Waals surface area contributed by atoms with Crippen molar-refractivity contribution in [3.05, 3.63) is 0 Å². The van der Waals surface area contributed by atoms with Crippen molar-refractivity contribution in [3.8, 4) is 0 Å². The fourth-order valence-corrected chi connectivity index (χ4v) is 2.64. The summed E-state index contributed by atoms with van der Waals surface area (Å²) in [7, 11) is 0. The highest BCUT2D eigenvalue weighted by molar-refractivity contribution is 7.80. The first-order valence-corrected chi connectivity index (χ1v) is 7.42. The molecule has 1 saturated carbocycles. The van der Waals surface area contributed by atoms with Gasteiger partial charge < -0.3 is 5.11 Å². The van der Waals surface area contributed by atoms with Gasteiger partial charge in [-0.2, -0.15) is 0 Å². The van der Waals surface area contributed by atoms with Gasteiger partial charge >= 0.3 is 0 Å². The van der Waals surface area contributed by atoms with Crippen molar-refractivity contribution in [1.82, 2.24) is 0 Å². The van der Waals surface area contributed by atoms with Crippen molar-refractivity contribution in [2.75, 3.05) is 0 Å². The van der Waals surface area contributed by atoms with E-state index in [1.54, 1.807) is 0 Å². The zero-order valence-electron chi connectivity index (χ0n) is 10.4. The molecule has 1 aliphatic rings. The summed E-state index contributed by atoms with van der Waals surface area (Å²) in [6, 6.07) is 0.